The van der Waals surface area contributed by atoms with Crippen LogP contribution in [0.2, 0.25) is 0 Å². The highest BCUT2D eigenvalue weighted by Crippen LogP contribution is 2.26. The predicted molar refractivity (Wildman–Crippen MR) is 96.7 cm³/mol. The van der Waals surface area contributed by atoms with Gasteiger partial charge >= 0.3 is 6.09 Å². The van der Waals surface area contributed by atoms with Gasteiger partial charge in [0.2, 0.25) is 0 Å². The van der Waals surface area contributed by atoms with Gasteiger partial charge in [0, 0.05) is 19.1 Å². The molecule has 0 spiro atoms. The third kappa shape index (κ3) is 7.56. The van der Waals surface area contributed by atoms with E-state index >= 15 is 0 Å². The number of hydrogen-bond acceptors (Lipinski definition) is 3. The summed E-state index contributed by atoms with van der Waals surface area (Å²) in [7, 11) is 0. The van der Waals surface area contributed by atoms with E-state index in [1.807, 2.05) is 25.7 Å². The Kier molecular flexibility index (Phi) is 8.38. The molecule has 1 aliphatic rings. The summed E-state index contributed by atoms with van der Waals surface area (Å²) in [5.41, 5.74) is -0.412. The minimum atomic E-state index is -0.412. The monoisotopic (exact) mass is 326 g/mol. The molecule has 0 aromatic rings. The fourth-order valence-electron chi connectivity index (χ4n) is 3.42. The molecule has 0 aliphatic carbocycles. The molecular weight excluding hydrogens is 288 g/mol. The Hall–Kier alpha value is -0.770. The summed E-state index contributed by atoms with van der Waals surface area (Å²) in [4.78, 5) is 14.1. The summed E-state index contributed by atoms with van der Waals surface area (Å²) in [6.07, 6.45) is 5.82. The van der Waals surface area contributed by atoms with E-state index in [0.717, 1.165) is 38.4 Å². The lowest BCUT2D eigenvalue weighted by atomic mass is 9.88. The van der Waals surface area contributed by atoms with Gasteiger partial charge in [-0.25, -0.2) is 4.79 Å². The zero-order valence-corrected chi connectivity index (χ0v) is 16.2. The zero-order valence-electron chi connectivity index (χ0n) is 16.2. The Morgan fingerprint density at radius 1 is 1.30 bits per heavy atom. The van der Waals surface area contributed by atoms with Gasteiger partial charge in [0.15, 0.2) is 0 Å². The first-order chi connectivity index (χ1) is 10.8. The Balaban J connectivity index is 2.57. The molecule has 0 radical (unpaired) electrons. The molecule has 1 heterocycles. The quantitative estimate of drug-likeness (QED) is 0.717. The van der Waals surface area contributed by atoms with Crippen LogP contribution in [0.25, 0.3) is 0 Å². The van der Waals surface area contributed by atoms with Gasteiger partial charge in [-0.2, -0.15) is 0 Å². The van der Waals surface area contributed by atoms with Crippen LogP contribution in [0.3, 0.4) is 0 Å². The van der Waals surface area contributed by atoms with E-state index < -0.39 is 5.60 Å². The fourth-order valence-corrected chi connectivity index (χ4v) is 3.42. The number of carbonyl (C=O) groups is 1. The second kappa shape index (κ2) is 9.51. The number of ether oxygens (including phenoxy) is 1. The predicted octanol–water partition coefficient (Wildman–Crippen LogP) is 4.44. The highest BCUT2D eigenvalue weighted by molar-refractivity contribution is 5.68. The molecule has 1 aliphatic heterocycles. The number of carbonyl (C=O) groups excluding carboxylic acids is 1. The van der Waals surface area contributed by atoms with Crippen molar-refractivity contribution in [2.24, 2.45) is 11.8 Å². The molecule has 4 nitrogen and oxygen atoms in total. The van der Waals surface area contributed by atoms with Gasteiger partial charge in [-0.1, -0.05) is 33.6 Å². The summed E-state index contributed by atoms with van der Waals surface area (Å²) in [6.45, 7) is 15.3. The summed E-state index contributed by atoms with van der Waals surface area (Å²) in [5.74, 6) is 1.29. The molecule has 1 amide bonds. The van der Waals surface area contributed by atoms with E-state index in [0.29, 0.717) is 12.0 Å². The molecule has 3 unspecified atom stereocenters. The molecule has 1 rings (SSSR count). The van der Waals surface area contributed by atoms with Crippen molar-refractivity contribution in [3.05, 3.63) is 0 Å². The van der Waals surface area contributed by atoms with Crippen molar-refractivity contribution in [2.45, 2.75) is 85.3 Å². The molecule has 23 heavy (non-hydrogen) atoms. The topological polar surface area (TPSA) is 41.6 Å². The van der Waals surface area contributed by atoms with Gasteiger partial charge in [-0.3, -0.25) is 0 Å². The lowest BCUT2D eigenvalue weighted by Gasteiger charge is -2.28. The lowest BCUT2D eigenvalue weighted by Crippen LogP contribution is -2.41. The number of nitrogens with zero attached hydrogens (tertiary/aromatic N) is 1. The largest absolute Gasteiger partial charge is 0.444 e. The molecule has 0 aromatic heterocycles. The summed E-state index contributed by atoms with van der Waals surface area (Å²) >= 11 is 0. The molecule has 0 bridgehead atoms. The number of nitrogens with one attached hydrogen (secondary N) is 1. The van der Waals surface area contributed by atoms with Crippen LogP contribution in [0.1, 0.15) is 73.6 Å². The van der Waals surface area contributed by atoms with Gasteiger partial charge in [0.05, 0.1) is 0 Å². The van der Waals surface area contributed by atoms with Crippen molar-refractivity contribution in [1.82, 2.24) is 10.2 Å². The molecule has 3 atom stereocenters. The van der Waals surface area contributed by atoms with E-state index in [-0.39, 0.29) is 6.09 Å². The second-order valence-electron chi connectivity index (χ2n) is 8.17. The maximum absolute atomic E-state index is 12.3. The number of amides is 1. The lowest BCUT2D eigenvalue weighted by molar-refractivity contribution is 0.0284. The standard InChI is InChI=1S/C19H38N2O2/c1-7-9-15(3)13-17(20-11-8-2)16-10-12-21(14-16)18(22)23-19(4,5)6/h15-17,20H,7-14H2,1-6H3. The third-order valence-corrected chi connectivity index (χ3v) is 4.54. The molecule has 1 fully saturated rings. The van der Waals surface area contributed by atoms with E-state index in [2.05, 4.69) is 26.1 Å². The van der Waals surface area contributed by atoms with E-state index in [9.17, 15) is 4.79 Å². The number of rotatable bonds is 8. The zero-order chi connectivity index (χ0) is 17.5. The summed E-state index contributed by atoms with van der Waals surface area (Å²) in [6, 6.07) is 0.518. The maximum Gasteiger partial charge on any atom is 0.410 e. The Labute approximate surface area is 143 Å². The van der Waals surface area contributed by atoms with Gasteiger partial charge in [0.25, 0.3) is 0 Å². The van der Waals surface area contributed by atoms with Crippen molar-refractivity contribution in [1.29, 1.82) is 0 Å². The Bertz CT molecular complexity index is 352. The van der Waals surface area contributed by atoms with Gasteiger partial charge in [-0.15, -0.1) is 0 Å². The average Bonchev–Trinajstić information content (AvgIpc) is 2.91. The third-order valence-electron chi connectivity index (χ3n) is 4.54. The number of likely N-dealkylation sites (tertiary alicyclic amines) is 1. The van der Waals surface area contributed by atoms with Crippen molar-refractivity contribution in [3.8, 4) is 0 Å². The maximum atomic E-state index is 12.3. The fraction of sp³-hybridized carbons (Fsp3) is 0.947. The van der Waals surface area contributed by atoms with E-state index in [1.54, 1.807) is 0 Å². The first-order valence-corrected chi connectivity index (χ1v) is 9.48. The van der Waals surface area contributed by atoms with Crippen LogP contribution in [0.15, 0.2) is 0 Å². The van der Waals surface area contributed by atoms with Crippen molar-refractivity contribution in [3.63, 3.8) is 0 Å². The van der Waals surface area contributed by atoms with Crippen LogP contribution < -0.4 is 5.32 Å². The highest BCUT2D eigenvalue weighted by atomic mass is 16.6. The van der Waals surface area contributed by atoms with Crippen molar-refractivity contribution < 1.29 is 9.53 Å². The first-order valence-electron chi connectivity index (χ1n) is 9.48. The average molecular weight is 327 g/mol. The molecule has 136 valence electrons. The van der Waals surface area contributed by atoms with Gasteiger partial charge in [0.1, 0.15) is 5.60 Å². The summed E-state index contributed by atoms with van der Waals surface area (Å²) in [5, 5.41) is 3.73. The van der Waals surface area contributed by atoms with Crippen LogP contribution in [0.4, 0.5) is 4.79 Å². The van der Waals surface area contributed by atoms with Crippen LogP contribution in [-0.2, 0) is 4.74 Å². The van der Waals surface area contributed by atoms with Crippen LogP contribution in [0, 0.1) is 11.8 Å². The number of hydrogen-bond donors (Lipinski definition) is 1. The van der Waals surface area contributed by atoms with Crippen molar-refractivity contribution in [2.75, 3.05) is 19.6 Å². The molecule has 0 saturated carbocycles. The summed E-state index contributed by atoms with van der Waals surface area (Å²) < 4.78 is 5.52. The molecule has 1 N–H and O–H groups in total. The minimum absolute atomic E-state index is 0.157. The van der Waals surface area contributed by atoms with Gasteiger partial charge in [-0.05, 0) is 58.4 Å². The van der Waals surface area contributed by atoms with Crippen molar-refractivity contribution >= 4 is 6.09 Å². The SMILES string of the molecule is CCCNC(CC(C)CCC)C1CCN(C(=O)OC(C)(C)C)C1. The molecule has 4 heteroatoms. The molecule has 1 saturated heterocycles. The van der Waals surface area contributed by atoms with E-state index in [4.69, 9.17) is 4.74 Å². The highest BCUT2D eigenvalue weighted by Gasteiger charge is 2.34. The second-order valence-corrected chi connectivity index (χ2v) is 8.17. The molecular formula is C19H38N2O2. The van der Waals surface area contributed by atoms with Gasteiger partial charge < -0.3 is 15.0 Å². The van der Waals surface area contributed by atoms with Crippen LogP contribution >= 0.6 is 0 Å². The van der Waals surface area contributed by atoms with Crippen LogP contribution in [0.5, 0.6) is 0 Å². The minimum Gasteiger partial charge on any atom is -0.444 e. The van der Waals surface area contributed by atoms with E-state index in [1.165, 1.54) is 19.3 Å². The Morgan fingerprint density at radius 2 is 2.00 bits per heavy atom. The first kappa shape index (κ1) is 20.3. The van der Waals surface area contributed by atoms with Crippen LogP contribution in [-0.4, -0.2) is 42.3 Å². The molecule has 0 aromatic carbocycles. The smallest absolute Gasteiger partial charge is 0.410 e. The normalized spacial score (nSPS) is 21.3. The Morgan fingerprint density at radius 3 is 2.57 bits per heavy atom.